The second-order valence-electron chi connectivity index (χ2n) is 4.68. The van der Waals surface area contributed by atoms with Gasteiger partial charge in [0.2, 0.25) is 5.91 Å². The zero-order chi connectivity index (χ0) is 16.2. The molecule has 0 aliphatic carbocycles. The van der Waals surface area contributed by atoms with E-state index < -0.39 is 11.7 Å². The minimum atomic E-state index is -4.47. The number of pyridine rings is 1. The summed E-state index contributed by atoms with van der Waals surface area (Å²) >= 11 is 0. The standard InChI is InChI=1S/C16H15F3N2O/c1-2-21(13-7-9-20-10-8-13)15(22)11-12-5-3-4-6-14(12)16(17,18)19/h3-10H,2,11H2,1H3. The summed E-state index contributed by atoms with van der Waals surface area (Å²) < 4.78 is 38.9. The van der Waals surface area contributed by atoms with E-state index in [0.717, 1.165) is 6.07 Å². The molecular formula is C16H15F3N2O. The number of benzene rings is 1. The Labute approximate surface area is 126 Å². The highest BCUT2D eigenvalue weighted by molar-refractivity contribution is 5.94. The van der Waals surface area contributed by atoms with Gasteiger partial charge in [0.05, 0.1) is 12.0 Å². The molecule has 0 aliphatic heterocycles. The van der Waals surface area contributed by atoms with E-state index >= 15 is 0 Å². The van der Waals surface area contributed by atoms with Gasteiger partial charge in [-0.15, -0.1) is 0 Å². The van der Waals surface area contributed by atoms with Crippen molar-refractivity contribution in [3.8, 4) is 0 Å². The first kappa shape index (κ1) is 16.0. The Morgan fingerprint density at radius 1 is 1.14 bits per heavy atom. The summed E-state index contributed by atoms with van der Waals surface area (Å²) in [6.07, 6.45) is -1.69. The van der Waals surface area contributed by atoms with Crippen molar-refractivity contribution in [2.75, 3.05) is 11.4 Å². The quantitative estimate of drug-likeness (QED) is 0.863. The molecule has 22 heavy (non-hydrogen) atoms. The van der Waals surface area contributed by atoms with Crippen LogP contribution < -0.4 is 4.90 Å². The van der Waals surface area contributed by atoms with Crippen molar-refractivity contribution in [2.24, 2.45) is 0 Å². The third-order valence-corrected chi connectivity index (χ3v) is 3.26. The molecule has 0 saturated carbocycles. The fourth-order valence-corrected chi connectivity index (χ4v) is 2.24. The van der Waals surface area contributed by atoms with Crippen LogP contribution in [0.25, 0.3) is 0 Å². The molecule has 0 saturated heterocycles. The SMILES string of the molecule is CCN(C(=O)Cc1ccccc1C(F)(F)F)c1ccncc1. The molecule has 2 aromatic rings. The van der Waals surface area contributed by atoms with Crippen molar-refractivity contribution < 1.29 is 18.0 Å². The van der Waals surface area contributed by atoms with Gasteiger partial charge in [0.1, 0.15) is 0 Å². The van der Waals surface area contributed by atoms with Gasteiger partial charge in [-0.2, -0.15) is 13.2 Å². The monoisotopic (exact) mass is 308 g/mol. The molecule has 0 bridgehead atoms. The summed E-state index contributed by atoms with van der Waals surface area (Å²) in [5, 5.41) is 0. The van der Waals surface area contributed by atoms with E-state index in [4.69, 9.17) is 0 Å². The Morgan fingerprint density at radius 3 is 2.36 bits per heavy atom. The molecule has 0 unspecified atom stereocenters. The van der Waals surface area contributed by atoms with Crippen molar-refractivity contribution in [3.63, 3.8) is 0 Å². The van der Waals surface area contributed by atoms with Crippen LogP contribution in [0.5, 0.6) is 0 Å². The van der Waals surface area contributed by atoms with Gasteiger partial charge in [-0.1, -0.05) is 18.2 Å². The average molecular weight is 308 g/mol. The Morgan fingerprint density at radius 2 is 1.77 bits per heavy atom. The Hall–Kier alpha value is -2.37. The van der Waals surface area contributed by atoms with Crippen LogP contribution in [-0.4, -0.2) is 17.4 Å². The number of rotatable bonds is 4. The average Bonchev–Trinajstić information content (AvgIpc) is 2.48. The maximum Gasteiger partial charge on any atom is 0.416 e. The lowest BCUT2D eigenvalue weighted by Crippen LogP contribution is -2.32. The molecule has 1 heterocycles. The number of nitrogens with zero attached hydrogens (tertiary/aromatic N) is 2. The van der Waals surface area contributed by atoms with Crippen LogP contribution in [-0.2, 0) is 17.4 Å². The third kappa shape index (κ3) is 3.63. The molecule has 0 spiro atoms. The molecule has 3 nitrogen and oxygen atoms in total. The number of hydrogen-bond donors (Lipinski definition) is 0. The first-order valence-electron chi connectivity index (χ1n) is 6.79. The van der Waals surface area contributed by atoms with E-state index in [1.807, 2.05) is 0 Å². The summed E-state index contributed by atoms with van der Waals surface area (Å²) in [4.78, 5) is 17.7. The lowest BCUT2D eigenvalue weighted by atomic mass is 10.0. The van der Waals surface area contributed by atoms with E-state index in [1.54, 1.807) is 19.1 Å². The molecule has 1 aromatic heterocycles. The molecule has 1 amide bonds. The number of hydrogen-bond acceptors (Lipinski definition) is 2. The molecule has 1 aromatic carbocycles. The lowest BCUT2D eigenvalue weighted by Gasteiger charge is -2.22. The number of halogens is 3. The zero-order valence-electron chi connectivity index (χ0n) is 12.0. The number of amides is 1. The lowest BCUT2D eigenvalue weighted by molar-refractivity contribution is -0.138. The van der Waals surface area contributed by atoms with Gasteiger partial charge in [0, 0.05) is 24.6 Å². The highest BCUT2D eigenvalue weighted by Gasteiger charge is 2.33. The predicted molar refractivity (Wildman–Crippen MR) is 77.4 cm³/mol. The Bertz CT molecular complexity index is 641. The number of carbonyl (C=O) groups excluding carboxylic acids is 1. The van der Waals surface area contributed by atoms with Gasteiger partial charge in [-0.05, 0) is 30.7 Å². The molecule has 0 fully saturated rings. The largest absolute Gasteiger partial charge is 0.416 e. The summed E-state index contributed by atoms with van der Waals surface area (Å²) in [6.45, 7) is 2.14. The van der Waals surface area contributed by atoms with Gasteiger partial charge < -0.3 is 4.90 Å². The van der Waals surface area contributed by atoms with E-state index in [1.165, 1.54) is 35.5 Å². The molecule has 0 radical (unpaired) electrons. The fraction of sp³-hybridized carbons (Fsp3) is 0.250. The van der Waals surface area contributed by atoms with E-state index in [2.05, 4.69) is 4.98 Å². The van der Waals surface area contributed by atoms with Crippen LogP contribution in [0.3, 0.4) is 0 Å². The van der Waals surface area contributed by atoms with Crippen LogP contribution in [0, 0.1) is 0 Å². The maximum absolute atomic E-state index is 13.0. The van der Waals surface area contributed by atoms with E-state index in [-0.39, 0.29) is 17.9 Å². The summed E-state index contributed by atoms with van der Waals surface area (Å²) in [6, 6.07) is 8.44. The van der Waals surface area contributed by atoms with Crippen molar-refractivity contribution in [3.05, 3.63) is 59.9 Å². The van der Waals surface area contributed by atoms with Gasteiger partial charge in [-0.25, -0.2) is 0 Å². The number of alkyl halides is 3. The van der Waals surface area contributed by atoms with Crippen molar-refractivity contribution in [1.82, 2.24) is 4.98 Å². The van der Waals surface area contributed by atoms with Crippen molar-refractivity contribution in [1.29, 1.82) is 0 Å². The topological polar surface area (TPSA) is 33.2 Å². The first-order chi connectivity index (χ1) is 10.4. The highest BCUT2D eigenvalue weighted by atomic mass is 19.4. The molecule has 116 valence electrons. The molecule has 0 aliphatic rings. The molecule has 0 N–H and O–H groups in total. The number of carbonyl (C=O) groups is 1. The van der Waals surface area contributed by atoms with E-state index in [0.29, 0.717) is 12.2 Å². The van der Waals surface area contributed by atoms with Crippen LogP contribution >= 0.6 is 0 Å². The van der Waals surface area contributed by atoms with Crippen LogP contribution in [0.1, 0.15) is 18.1 Å². The number of aromatic nitrogens is 1. The predicted octanol–water partition coefficient (Wildman–Crippen LogP) is 3.70. The molecule has 2 rings (SSSR count). The van der Waals surface area contributed by atoms with Crippen LogP contribution in [0.15, 0.2) is 48.8 Å². The normalized spacial score (nSPS) is 11.3. The Kier molecular flexibility index (Phi) is 4.80. The molecular weight excluding hydrogens is 293 g/mol. The van der Waals surface area contributed by atoms with Gasteiger partial charge >= 0.3 is 6.18 Å². The summed E-state index contributed by atoms with van der Waals surface area (Å²) in [5.41, 5.74) is -0.173. The maximum atomic E-state index is 13.0. The fourth-order valence-electron chi connectivity index (χ4n) is 2.24. The smallest absolute Gasteiger partial charge is 0.312 e. The second-order valence-corrected chi connectivity index (χ2v) is 4.68. The minimum absolute atomic E-state index is 0.0208. The van der Waals surface area contributed by atoms with Gasteiger partial charge in [0.15, 0.2) is 0 Å². The molecule has 0 atom stereocenters. The molecule has 6 heteroatoms. The Balaban J connectivity index is 2.25. The first-order valence-corrected chi connectivity index (χ1v) is 6.79. The summed E-state index contributed by atoms with van der Waals surface area (Å²) in [7, 11) is 0. The zero-order valence-corrected chi connectivity index (χ0v) is 12.0. The minimum Gasteiger partial charge on any atom is -0.312 e. The van der Waals surface area contributed by atoms with Crippen LogP contribution in [0.2, 0.25) is 0 Å². The second kappa shape index (κ2) is 6.60. The van der Waals surface area contributed by atoms with Gasteiger partial charge in [0.25, 0.3) is 0 Å². The van der Waals surface area contributed by atoms with Gasteiger partial charge in [-0.3, -0.25) is 9.78 Å². The van der Waals surface area contributed by atoms with Crippen LogP contribution in [0.4, 0.5) is 18.9 Å². The third-order valence-electron chi connectivity index (χ3n) is 3.26. The van der Waals surface area contributed by atoms with Crippen molar-refractivity contribution >= 4 is 11.6 Å². The van der Waals surface area contributed by atoms with E-state index in [9.17, 15) is 18.0 Å². The van der Waals surface area contributed by atoms with Crippen molar-refractivity contribution in [2.45, 2.75) is 19.5 Å². The summed E-state index contributed by atoms with van der Waals surface area (Å²) in [5.74, 6) is -0.384. The highest BCUT2D eigenvalue weighted by Crippen LogP contribution is 2.32. The number of likely N-dealkylation sites (N-methyl/N-ethyl adjacent to an activating group) is 1. The number of anilines is 1.